The van der Waals surface area contributed by atoms with Crippen LogP contribution in [0.3, 0.4) is 0 Å². The van der Waals surface area contributed by atoms with E-state index in [9.17, 15) is 14.4 Å². The molecule has 0 atom stereocenters. The van der Waals surface area contributed by atoms with Crippen LogP contribution in [0.1, 0.15) is 32.5 Å². The van der Waals surface area contributed by atoms with Crippen molar-refractivity contribution in [2.24, 2.45) is 0 Å². The van der Waals surface area contributed by atoms with Crippen LogP contribution in [-0.2, 0) is 9.53 Å². The number of hydrogen-bond donors (Lipinski definition) is 1. The van der Waals surface area contributed by atoms with Crippen molar-refractivity contribution in [3.05, 3.63) is 46.3 Å². The summed E-state index contributed by atoms with van der Waals surface area (Å²) in [7, 11) is 1.33. The fourth-order valence-corrected chi connectivity index (χ4v) is 4.22. The third-order valence-electron chi connectivity index (χ3n) is 4.89. The summed E-state index contributed by atoms with van der Waals surface area (Å²) in [5.74, 6) is -0.533. The molecule has 1 fully saturated rings. The van der Waals surface area contributed by atoms with Gasteiger partial charge in [0.15, 0.2) is 5.78 Å². The third kappa shape index (κ3) is 5.21. The molecule has 1 aromatic heterocycles. The Morgan fingerprint density at radius 2 is 1.76 bits per heavy atom. The lowest BCUT2D eigenvalue weighted by Crippen LogP contribution is -2.48. The Bertz CT molecular complexity index is 899. The van der Waals surface area contributed by atoms with Crippen molar-refractivity contribution >= 4 is 39.7 Å². The Morgan fingerprint density at radius 1 is 1.10 bits per heavy atom. The SMILES string of the molecule is COC(=O)c1cc(C)sc1NC(=O)CN1CCN(c2ccc(C(C)=O)cc2)CC1. The first-order valence-electron chi connectivity index (χ1n) is 9.44. The van der Waals surface area contributed by atoms with E-state index in [2.05, 4.69) is 15.1 Å². The van der Waals surface area contributed by atoms with Gasteiger partial charge in [-0.05, 0) is 44.2 Å². The summed E-state index contributed by atoms with van der Waals surface area (Å²) in [5, 5.41) is 3.38. The Balaban J connectivity index is 1.52. The molecule has 0 bridgehead atoms. The molecule has 2 heterocycles. The molecule has 1 N–H and O–H groups in total. The van der Waals surface area contributed by atoms with Gasteiger partial charge in [0.1, 0.15) is 5.00 Å². The molecule has 1 aliphatic rings. The van der Waals surface area contributed by atoms with E-state index in [1.165, 1.54) is 18.4 Å². The van der Waals surface area contributed by atoms with E-state index in [1.54, 1.807) is 13.0 Å². The number of carbonyl (C=O) groups excluding carboxylic acids is 3. The minimum atomic E-state index is -0.450. The van der Waals surface area contributed by atoms with Gasteiger partial charge in [0.2, 0.25) is 5.91 Å². The maximum atomic E-state index is 12.5. The van der Waals surface area contributed by atoms with Crippen molar-refractivity contribution in [1.29, 1.82) is 0 Å². The molecule has 154 valence electrons. The number of amides is 1. The second-order valence-corrected chi connectivity index (χ2v) is 8.26. The number of nitrogens with one attached hydrogen (secondary N) is 1. The first-order valence-corrected chi connectivity index (χ1v) is 10.3. The number of anilines is 2. The Kier molecular flexibility index (Phi) is 6.66. The molecule has 0 radical (unpaired) electrons. The summed E-state index contributed by atoms with van der Waals surface area (Å²) in [4.78, 5) is 41.0. The molecule has 29 heavy (non-hydrogen) atoms. The Labute approximate surface area is 174 Å². The summed E-state index contributed by atoms with van der Waals surface area (Å²) >= 11 is 1.37. The maximum Gasteiger partial charge on any atom is 0.340 e. The van der Waals surface area contributed by atoms with E-state index in [4.69, 9.17) is 4.74 Å². The van der Waals surface area contributed by atoms with Gasteiger partial charge < -0.3 is 15.0 Å². The van der Waals surface area contributed by atoms with Crippen molar-refractivity contribution in [2.75, 3.05) is 50.1 Å². The molecule has 0 saturated carbocycles. The van der Waals surface area contributed by atoms with E-state index in [0.29, 0.717) is 16.1 Å². The predicted molar refractivity (Wildman–Crippen MR) is 114 cm³/mol. The summed E-state index contributed by atoms with van der Waals surface area (Å²) < 4.78 is 4.78. The minimum Gasteiger partial charge on any atom is -0.465 e. The summed E-state index contributed by atoms with van der Waals surface area (Å²) in [6.45, 7) is 6.84. The van der Waals surface area contributed by atoms with Gasteiger partial charge in [-0.3, -0.25) is 14.5 Å². The van der Waals surface area contributed by atoms with E-state index in [1.807, 2.05) is 31.2 Å². The van der Waals surface area contributed by atoms with Gasteiger partial charge in [0.05, 0.1) is 19.2 Å². The number of ether oxygens (including phenoxy) is 1. The number of benzene rings is 1. The largest absolute Gasteiger partial charge is 0.465 e. The maximum absolute atomic E-state index is 12.5. The third-order valence-corrected chi connectivity index (χ3v) is 5.86. The quantitative estimate of drug-likeness (QED) is 0.577. The lowest BCUT2D eigenvalue weighted by atomic mass is 10.1. The number of nitrogens with zero attached hydrogens (tertiary/aromatic N) is 2. The van der Waals surface area contributed by atoms with Gasteiger partial charge in [0.25, 0.3) is 0 Å². The molecule has 0 aliphatic carbocycles. The number of aryl methyl sites for hydroxylation is 1. The molecule has 7 nitrogen and oxygen atoms in total. The minimum absolute atomic E-state index is 0.0590. The first-order chi connectivity index (χ1) is 13.9. The topological polar surface area (TPSA) is 79.0 Å². The zero-order valence-corrected chi connectivity index (χ0v) is 17.7. The van der Waals surface area contributed by atoms with Crippen LogP contribution < -0.4 is 10.2 Å². The number of Topliss-reactive ketones (excluding diaryl/α,β-unsaturated/α-hetero) is 1. The molecule has 0 unspecified atom stereocenters. The fourth-order valence-electron chi connectivity index (χ4n) is 3.31. The van der Waals surface area contributed by atoms with Crippen LogP contribution in [0.2, 0.25) is 0 Å². The van der Waals surface area contributed by atoms with E-state index < -0.39 is 5.97 Å². The molecule has 3 rings (SSSR count). The van der Waals surface area contributed by atoms with Crippen molar-refractivity contribution in [3.63, 3.8) is 0 Å². The number of carbonyl (C=O) groups is 3. The summed E-state index contributed by atoms with van der Waals surface area (Å²) in [5.41, 5.74) is 2.18. The van der Waals surface area contributed by atoms with Gasteiger partial charge >= 0.3 is 5.97 Å². The average Bonchev–Trinajstić information content (AvgIpc) is 3.08. The van der Waals surface area contributed by atoms with E-state index >= 15 is 0 Å². The Hall–Kier alpha value is -2.71. The number of thiophene rings is 1. The Morgan fingerprint density at radius 3 is 2.34 bits per heavy atom. The van der Waals surface area contributed by atoms with Crippen LogP contribution >= 0.6 is 11.3 Å². The van der Waals surface area contributed by atoms with Gasteiger partial charge in [0, 0.05) is 42.3 Å². The first kappa shape index (κ1) is 21.0. The van der Waals surface area contributed by atoms with Gasteiger partial charge in [-0.2, -0.15) is 0 Å². The van der Waals surface area contributed by atoms with Crippen LogP contribution in [0.25, 0.3) is 0 Å². The average molecular weight is 416 g/mol. The van der Waals surface area contributed by atoms with Crippen molar-refractivity contribution < 1.29 is 19.1 Å². The molecule has 1 aromatic carbocycles. The van der Waals surface area contributed by atoms with E-state index in [0.717, 1.165) is 36.7 Å². The van der Waals surface area contributed by atoms with Crippen LogP contribution in [0.15, 0.2) is 30.3 Å². The molecule has 8 heteroatoms. The second-order valence-electron chi connectivity index (χ2n) is 7.01. The van der Waals surface area contributed by atoms with Crippen molar-refractivity contribution in [2.45, 2.75) is 13.8 Å². The van der Waals surface area contributed by atoms with E-state index in [-0.39, 0.29) is 18.2 Å². The molecular formula is C21H25N3O4S. The number of esters is 1. The van der Waals surface area contributed by atoms with Crippen LogP contribution in [0.4, 0.5) is 10.7 Å². The van der Waals surface area contributed by atoms with Crippen molar-refractivity contribution in [3.8, 4) is 0 Å². The van der Waals surface area contributed by atoms with Gasteiger partial charge in [-0.1, -0.05) is 0 Å². The van der Waals surface area contributed by atoms with Crippen LogP contribution in [-0.4, -0.2) is 62.4 Å². The highest BCUT2D eigenvalue weighted by molar-refractivity contribution is 7.16. The zero-order chi connectivity index (χ0) is 21.0. The van der Waals surface area contributed by atoms with Crippen LogP contribution in [0, 0.1) is 6.92 Å². The monoisotopic (exact) mass is 415 g/mol. The number of ketones is 1. The predicted octanol–water partition coefficient (Wildman–Crippen LogP) is 2.81. The molecule has 1 saturated heterocycles. The smallest absolute Gasteiger partial charge is 0.340 e. The van der Waals surface area contributed by atoms with Gasteiger partial charge in [-0.15, -0.1) is 11.3 Å². The fraction of sp³-hybridized carbons (Fsp3) is 0.381. The highest BCUT2D eigenvalue weighted by Crippen LogP contribution is 2.28. The molecule has 1 amide bonds. The van der Waals surface area contributed by atoms with Crippen LogP contribution in [0.5, 0.6) is 0 Å². The highest BCUT2D eigenvalue weighted by Gasteiger charge is 2.21. The highest BCUT2D eigenvalue weighted by atomic mass is 32.1. The van der Waals surface area contributed by atoms with Gasteiger partial charge in [-0.25, -0.2) is 4.79 Å². The number of rotatable bonds is 6. The normalized spacial score (nSPS) is 14.5. The lowest BCUT2D eigenvalue weighted by molar-refractivity contribution is -0.117. The molecule has 1 aliphatic heterocycles. The number of methoxy groups -OCH3 is 1. The zero-order valence-electron chi connectivity index (χ0n) is 16.9. The van der Waals surface area contributed by atoms with Crippen molar-refractivity contribution in [1.82, 2.24) is 4.90 Å². The number of hydrogen-bond acceptors (Lipinski definition) is 7. The number of piperazine rings is 1. The molecular weight excluding hydrogens is 390 g/mol. The second kappa shape index (κ2) is 9.19. The summed E-state index contributed by atoms with van der Waals surface area (Å²) in [6, 6.07) is 9.35. The summed E-state index contributed by atoms with van der Waals surface area (Å²) in [6.07, 6.45) is 0. The molecule has 2 aromatic rings. The lowest BCUT2D eigenvalue weighted by Gasteiger charge is -2.35. The molecule has 0 spiro atoms. The standard InChI is InChI=1S/C21H25N3O4S/c1-14-12-18(21(27)28-3)20(29-14)22-19(26)13-23-8-10-24(11-9-23)17-6-4-16(5-7-17)15(2)25/h4-7,12H,8-11,13H2,1-3H3,(H,22,26).